The molecule has 0 bridgehead atoms. The minimum Gasteiger partial charge on any atom is -0.361 e. The van der Waals surface area contributed by atoms with Gasteiger partial charge in [0.25, 0.3) is 0 Å². The molecule has 0 unspecified atom stereocenters. The molecule has 0 aromatic carbocycles. The largest absolute Gasteiger partial charge is 0.361 e. The lowest BCUT2D eigenvalue weighted by atomic mass is 10.4. The molecule has 0 spiro atoms. The molecule has 2 aromatic heterocycles. The van der Waals surface area contributed by atoms with Crippen molar-refractivity contribution in [2.24, 2.45) is 14.1 Å². The van der Waals surface area contributed by atoms with Gasteiger partial charge in [-0.05, 0) is 11.6 Å². The van der Waals surface area contributed by atoms with Crippen LogP contribution in [0.1, 0.15) is 0 Å². The molecule has 0 radical (unpaired) electrons. The summed E-state index contributed by atoms with van der Waals surface area (Å²) in [6.45, 7) is 0. The SMILES string of the molecule is CN(C)c1nc(Cl)nc2c1n(C)c(=O)n2C. The summed E-state index contributed by atoms with van der Waals surface area (Å²) in [4.78, 5) is 21.8. The molecule has 0 atom stereocenters. The monoisotopic (exact) mass is 241 g/mol. The number of halogens is 1. The number of nitrogens with zero attached hydrogens (tertiary/aromatic N) is 5. The second-order valence-electron chi connectivity index (χ2n) is 3.78. The van der Waals surface area contributed by atoms with E-state index in [1.165, 1.54) is 9.13 Å². The molecule has 0 saturated carbocycles. The lowest BCUT2D eigenvalue weighted by Crippen LogP contribution is -2.20. The summed E-state index contributed by atoms with van der Waals surface area (Å²) < 4.78 is 2.97. The van der Waals surface area contributed by atoms with E-state index in [2.05, 4.69) is 9.97 Å². The topological polar surface area (TPSA) is 56.0 Å². The van der Waals surface area contributed by atoms with Gasteiger partial charge in [-0.15, -0.1) is 0 Å². The molecule has 0 amide bonds. The van der Waals surface area contributed by atoms with Gasteiger partial charge in [-0.25, -0.2) is 4.79 Å². The van der Waals surface area contributed by atoms with E-state index in [0.29, 0.717) is 17.0 Å². The Balaban J connectivity index is 3.02. The number of hydrogen-bond acceptors (Lipinski definition) is 4. The first-order chi connectivity index (χ1) is 7.43. The van der Waals surface area contributed by atoms with Gasteiger partial charge in [-0.2, -0.15) is 9.97 Å². The Kier molecular flexibility index (Phi) is 2.38. The summed E-state index contributed by atoms with van der Waals surface area (Å²) >= 11 is 5.83. The summed E-state index contributed by atoms with van der Waals surface area (Å²) in [6, 6.07) is 0. The van der Waals surface area contributed by atoms with Gasteiger partial charge in [-0.1, -0.05) is 0 Å². The lowest BCUT2D eigenvalue weighted by molar-refractivity contribution is 0.791. The lowest BCUT2D eigenvalue weighted by Gasteiger charge is -2.12. The quantitative estimate of drug-likeness (QED) is 0.678. The summed E-state index contributed by atoms with van der Waals surface area (Å²) in [5, 5.41) is 0.136. The van der Waals surface area contributed by atoms with Crippen molar-refractivity contribution < 1.29 is 0 Å². The van der Waals surface area contributed by atoms with E-state index in [-0.39, 0.29) is 11.0 Å². The van der Waals surface area contributed by atoms with Crippen LogP contribution in [0, 0.1) is 0 Å². The number of anilines is 1. The first kappa shape index (κ1) is 10.9. The van der Waals surface area contributed by atoms with Crippen LogP contribution >= 0.6 is 11.6 Å². The Hall–Kier alpha value is -1.56. The molecule has 2 rings (SSSR count). The smallest absolute Gasteiger partial charge is 0.329 e. The zero-order valence-electron chi connectivity index (χ0n) is 9.52. The van der Waals surface area contributed by atoms with E-state index in [1.807, 2.05) is 14.1 Å². The fourth-order valence-corrected chi connectivity index (χ4v) is 1.82. The molecule has 0 N–H and O–H groups in total. The van der Waals surface area contributed by atoms with E-state index in [1.54, 1.807) is 19.0 Å². The van der Waals surface area contributed by atoms with Crippen molar-refractivity contribution in [3.63, 3.8) is 0 Å². The Bertz CT molecular complexity index is 612. The van der Waals surface area contributed by atoms with Gasteiger partial charge in [0, 0.05) is 28.2 Å². The second kappa shape index (κ2) is 3.48. The molecule has 0 fully saturated rings. The zero-order valence-corrected chi connectivity index (χ0v) is 10.3. The van der Waals surface area contributed by atoms with Crippen LogP contribution in [0.2, 0.25) is 5.28 Å². The maximum atomic E-state index is 11.8. The van der Waals surface area contributed by atoms with E-state index in [0.717, 1.165) is 0 Å². The number of hydrogen-bond donors (Lipinski definition) is 0. The molecule has 86 valence electrons. The molecule has 2 aromatic rings. The molecule has 16 heavy (non-hydrogen) atoms. The highest BCUT2D eigenvalue weighted by Crippen LogP contribution is 2.22. The zero-order chi connectivity index (χ0) is 12.0. The number of rotatable bonds is 1. The highest BCUT2D eigenvalue weighted by Gasteiger charge is 2.16. The first-order valence-corrected chi connectivity index (χ1v) is 5.07. The average molecular weight is 242 g/mol. The molecule has 0 saturated heterocycles. The predicted octanol–water partition coefficient (Wildman–Crippen LogP) is 0.386. The van der Waals surface area contributed by atoms with Crippen LogP contribution in [0.25, 0.3) is 11.2 Å². The van der Waals surface area contributed by atoms with Gasteiger partial charge in [0.2, 0.25) is 5.28 Å². The molecule has 0 aliphatic heterocycles. The third-order valence-electron chi connectivity index (χ3n) is 2.47. The van der Waals surface area contributed by atoms with Crippen LogP contribution in [0.5, 0.6) is 0 Å². The summed E-state index contributed by atoms with van der Waals surface area (Å²) in [5.41, 5.74) is 1.08. The normalized spacial score (nSPS) is 11.1. The van der Waals surface area contributed by atoms with Gasteiger partial charge in [0.15, 0.2) is 11.5 Å². The number of aromatic nitrogens is 4. The molecule has 7 heteroatoms. The van der Waals surface area contributed by atoms with Crippen LogP contribution in [-0.2, 0) is 14.1 Å². The summed E-state index contributed by atoms with van der Waals surface area (Å²) in [7, 11) is 7.04. The Morgan fingerprint density at radius 2 is 1.81 bits per heavy atom. The third-order valence-corrected chi connectivity index (χ3v) is 2.64. The van der Waals surface area contributed by atoms with Gasteiger partial charge in [0.05, 0.1) is 0 Å². The highest BCUT2D eigenvalue weighted by molar-refractivity contribution is 6.28. The Labute approximate surface area is 97.1 Å². The van der Waals surface area contributed by atoms with Gasteiger partial charge < -0.3 is 4.90 Å². The maximum absolute atomic E-state index is 11.8. The summed E-state index contributed by atoms with van der Waals surface area (Å²) in [6.07, 6.45) is 0. The number of aryl methyl sites for hydroxylation is 2. The van der Waals surface area contributed by atoms with E-state index in [4.69, 9.17) is 11.6 Å². The van der Waals surface area contributed by atoms with Crippen molar-refractivity contribution in [2.75, 3.05) is 19.0 Å². The van der Waals surface area contributed by atoms with Crippen molar-refractivity contribution >= 4 is 28.6 Å². The van der Waals surface area contributed by atoms with Crippen LogP contribution < -0.4 is 10.6 Å². The third kappa shape index (κ3) is 1.37. The minimum atomic E-state index is -0.144. The van der Waals surface area contributed by atoms with Crippen LogP contribution in [0.3, 0.4) is 0 Å². The number of fused-ring (bicyclic) bond motifs is 1. The van der Waals surface area contributed by atoms with E-state index < -0.39 is 0 Å². The van der Waals surface area contributed by atoms with E-state index >= 15 is 0 Å². The van der Waals surface area contributed by atoms with E-state index in [9.17, 15) is 4.79 Å². The minimum absolute atomic E-state index is 0.136. The molecule has 0 aliphatic rings. The highest BCUT2D eigenvalue weighted by atomic mass is 35.5. The molecular formula is C9H12ClN5O. The fourth-order valence-electron chi connectivity index (χ4n) is 1.66. The van der Waals surface area contributed by atoms with Gasteiger partial charge in [-0.3, -0.25) is 9.13 Å². The van der Waals surface area contributed by atoms with Crippen molar-refractivity contribution in [1.29, 1.82) is 0 Å². The van der Waals surface area contributed by atoms with Crippen molar-refractivity contribution in [3.05, 3.63) is 15.8 Å². The fraction of sp³-hybridized carbons (Fsp3) is 0.444. The van der Waals surface area contributed by atoms with Crippen LogP contribution in [0.15, 0.2) is 4.79 Å². The van der Waals surface area contributed by atoms with Crippen molar-refractivity contribution in [3.8, 4) is 0 Å². The first-order valence-electron chi connectivity index (χ1n) is 4.69. The van der Waals surface area contributed by atoms with Crippen LogP contribution in [-0.4, -0.2) is 33.2 Å². The molecule has 6 nitrogen and oxygen atoms in total. The Morgan fingerprint density at radius 1 is 1.19 bits per heavy atom. The van der Waals surface area contributed by atoms with Gasteiger partial charge >= 0.3 is 5.69 Å². The van der Waals surface area contributed by atoms with Crippen molar-refractivity contribution in [2.45, 2.75) is 0 Å². The van der Waals surface area contributed by atoms with Crippen molar-refractivity contribution in [1.82, 2.24) is 19.1 Å². The Morgan fingerprint density at radius 3 is 2.38 bits per heavy atom. The molecular weight excluding hydrogens is 230 g/mol. The second-order valence-corrected chi connectivity index (χ2v) is 4.12. The molecule has 0 aliphatic carbocycles. The van der Waals surface area contributed by atoms with Gasteiger partial charge in [0.1, 0.15) is 5.52 Å². The average Bonchev–Trinajstić information content (AvgIpc) is 2.43. The summed E-state index contributed by atoms with van der Waals surface area (Å²) in [5.74, 6) is 0.634. The predicted molar refractivity (Wildman–Crippen MR) is 63.1 cm³/mol. The standard InChI is InChI=1S/C9H12ClN5O/c1-13(2)6-5-7(12-8(10)11-6)15(4)9(16)14(5)3/h1-4H3. The number of imidazole rings is 1. The molecule has 2 heterocycles. The van der Waals surface area contributed by atoms with Crippen LogP contribution in [0.4, 0.5) is 5.82 Å². The maximum Gasteiger partial charge on any atom is 0.329 e.